The average molecular weight is 262 g/mol. The fourth-order valence-corrected chi connectivity index (χ4v) is 2.14. The Morgan fingerprint density at radius 2 is 2.26 bits per heavy atom. The van der Waals surface area contributed by atoms with Crippen LogP contribution in [0.5, 0.6) is 5.88 Å². The maximum atomic E-state index is 6.00. The van der Waals surface area contributed by atoms with E-state index in [2.05, 4.69) is 21.4 Å². The van der Waals surface area contributed by atoms with Crippen LogP contribution in [-0.2, 0) is 0 Å². The molecule has 0 amide bonds. The molecule has 19 heavy (non-hydrogen) atoms. The van der Waals surface area contributed by atoms with Gasteiger partial charge in [0.15, 0.2) is 5.82 Å². The Balaban J connectivity index is 1.92. The largest absolute Gasteiger partial charge is 0.473 e. The SMILES string of the molecule is CC(C)Oc1ncnc(NCCC2=CCCC2)c1N. The predicted molar refractivity (Wildman–Crippen MR) is 77.2 cm³/mol. The van der Waals surface area contributed by atoms with Gasteiger partial charge in [-0.15, -0.1) is 0 Å². The zero-order valence-corrected chi connectivity index (χ0v) is 11.6. The van der Waals surface area contributed by atoms with Gasteiger partial charge in [0, 0.05) is 6.54 Å². The second kappa shape index (κ2) is 6.41. The van der Waals surface area contributed by atoms with Crippen LogP contribution in [0.3, 0.4) is 0 Å². The highest BCUT2D eigenvalue weighted by atomic mass is 16.5. The van der Waals surface area contributed by atoms with E-state index in [1.165, 1.54) is 31.2 Å². The van der Waals surface area contributed by atoms with E-state index < -0.39 is 0 Å². The van der Waals surface area contributed by atoms with Gasteiger partial charge in [0.1, 0.15) is 12.0 Å². The minimum absolute atomic E-state index is 0.0497. The van der Waals surface area contributed by atoms with Crippen molar-refractivity contribution in [2.45, 2.75) is 45.6 Å². The van der Waals surface area contributed by atoms with Gasteiger partial charge in [-0.05, 0) is 39.5 Å². The molecule has 1 heterocycles. The normalized spacial score (nSPS) is 14.6. The van der Waals surface area contributed by atoms with Crippen molar-refractivity contribution in [3.63, 3.8) is 0 Å². The molecule has 0 spiro atoms. The van der Waals surface area contributed by atoms with Crippen molar-refractivity contribution in [2.24, 2.45) is 0 Å². The molecule has 0 bridgehead atoms. The summed E-state index contributed by atoms with van der Waals surface area (Å²) in [6, 6.07) is 0. The molecule has 1 aliphatic carbocycles. The first-order valence-electron chi connectivity index (χ1n) is 6.85. The van der Waals surface area contributed by atoms with E-state index in [4.69, 9.17) is 10.5 Å². The van der Waals surface area contributed by atoms with Crippen LogP contribution in [0.1, 0.15) is 39.5 Å². The van der Waals surface area contributed by atoms with Crippen molar-refractivity contribution in [2.75, 3.05) is 17.6 Å². The molecule has 1 aliphatic rings. The number of hydrogen-bond donors (Lipinski definition) is 2. The van der Waals surface area contributed by atoms with E-state index in [0.717, 1.165) is 13.0 Å². The lowest BCUT2D eigenvalue weighted by Crippen LogP contribution is -2.12. The molecule has 0 aromatic carbocycles. The monoisotopic (exact) mass is 262 g/mol. The number of allylic oxidation sites excluding steroid dienone is 1. The topological polar surface area (TPSA) is 73.1 Å². The van der Waals surface area contributed by atoms with Gasteiger partial charge in [-0.1, -0.05) is 11.6 Å². The van der Waals surface area contributed by atoms with Crippen LogP contribution in [0.15, 0.2) is 18.0 Å². The van der Waals surface area contributed by atoms with Gasteiger partial charge < -0.3 is 15.8 Å². The Morgan fingerprint density at radius 3 is 2.95 bits per heavy atom. The van der Waals surface area contributed by atoms with Crippen molar-refractivity contribution in [3.8, 4) is 5.88 Å². The molecule has 0 atom stereocenters. The number of anilines is 2. The Morgan fingerprint density at radius 1 is 1.42 bits per heavy atom. The summed E-state index contributed by atoms with van der Waals surface area (Å²) in [6.07, 6.45) is 8.64. The Bertz CT molecular complexity index is 457. The maximum Gasteiger partial charge on any atom is 0.242 e. The lowest BCUT2D eigenvalue weighted by molar-refractivity contribution is 0.234. The molecule has 3 N–H and O–H groups in total. The van der Waals surface area contributed by atoms with Gasteiger partial charge in [-0.3, -0.25) is 0 Å². The molecule has 0 unspecified atom stereocenters. The summed E-state index contributed by atoms with van der Waals surface area (Å²) in [5, 5.41) is 3.26. The van der Waals surface area contributed by atoms with Gasteiger partial charge in [-0.2, -0.15) is 4.98 Å². The van der Waals surface area contributed by atoms with Crippen molar-refractivity contribution >= 4 is 11.5 Å². The molecule has 5 nitrogen and oxygen atoms in total. The zero-order valence-electron chi connectivity index (χ0n) is 11.6. The fraction of sp³-hybridized carbons (Fsp3) is 0.571. The third-order valence-corrected chi connectivity index (χ3v) is 3.07. The van der Waals surface area contributed by atoms with Crippen LogP contribution in [0.2, 0.25) is 0 Å². The molecular formula is C14H22N4O. The van der Waals surface area contributed by atoms with Gasteiger partial charge in [0.05, 0.1) is 6.10 Å². The number of ether oxygens (including phenoxy) is 1. The third kappa shape index (κ3) is 3.84. The smallest absolute Gasteiger partial charge is 0.242 e. The molecule has 0 fully saturated rings. The number of nitrogens with two attached hydrogens (primary N) is 1. The number of nitrogens with one attached hydrogen (secondary N) is 1. The highest BCUT2D eigenvalue weighted by molar-refractivity contribution is 5.66. The molecule has 0 saturated carbocycles. The second-order valence-corrected chi connectivity index (χ2v) is 5.04. The summed E-state index contributed by atoms with van der Waals surface area (Å²) >= 11 is 0. The highest BCUT2D eigenvalue weighted by Gasteiger charge is 2.11. The summed E-state index contributed by atoms with van der Waals surface area (Å²) in [5.74, 6) is 1.11. The number of nitrogen functional groups attached to an aromatic ring is 1. The third-order valence-electron chi connectivity index (χ3n) is 3.07. The molecular weight excluding hydrogens is 240 g/mol. The van der Waals surface area contributed by atoms with Gasteiger partial charge in [0.25, 0.3) is 0 Å². The standard InChI is InChI=1S/C14H22N4O/c1-10(2)19-14-12(15)13(17-9-18-14)16-8-7-11-5-3-4-6-11/h5,9-10H,3-4,6-8,15H2,1-2H3,(H,16,17,18). The van der Waals surface area contributed by atoms with E-state index in [1.54, 1.807) is 0 Å². The van der Waals surface area contributed by atoms with Crippen LogP contribution in [0.4, 0.5) is 11.5 Å². The first-order chi connectivity index (χ1) is 9.16. The van der Waals surface area contributed by atoms with Crippen LogP contribution in [0, 0.1) is 0 Å². The second-order valence-electron chi connectivity index (χ2n) is 5.04. The Kier molecular flexibility index (Phi) is 4.60. The first kappa shape index (κ1) is 13.6. The summed E-state index contributed by atoms with van der Waals surface area (Å²) in [4.78, 5) is 8.22. The fourth-order valence-electron chi connectivity index (χ4n) is 2.14. The van der Waals surface area contributed by atoms with E-state index in [9.17, 15) is 0 Å². The number of nitrogens with zero attached hydrogens (tertiary/aromatic N) is 2. The minimum Gasteiger partial charge on any atom is -0.473 e. The van der Waals surface area contributed by atoms with E-state index in [0.29, 0.717) is 17.4 Å². The van der Waals surface area contributed by atoms with Crippen molar-refractivity contribution in [3.05, 3.63) is 18.0 Å². The van der Waals surface area contributed by atoms with Crippen molar-refractivity contribution in [1.29, 1.82) is 0 Å². The maximum absolute atomic E-state index is 6.00. The van der Waals surface area contributed by atoms with Crippen molar-refractivity contribution < 1.29 is 4.74 Å². The van der Waals surface area contributed by atoms with Gasteiger partial charge in [0.2, 0.25) is 5.88 Å². The van der Waals surface area contributed by atoms with Crippen LogP contribution in [0.25, 0.3) is 0 Å². The summed E-state index contributed by atoms with van der Waals surface area (Å²) in [5.41, 5.74) is 8.01. The first-order valence-corrected chi connectivity index (χ1v) is 6.85. The van der Waals surface area contributed by atoms with Crippen molar-refractivity contribution in [1.82, 2.24) is 9.97 Å². The Labute approximate surface area is 114 Å². The molecule has 1 aromatic heterocycles. The molecule has 1 aromatic rings. The van der Waals surface area contributed by atoms with Gasteiger partial charge in [-0.25, -0.2) is 4.98 Å². The molecule has 5 heteroatoms. The molecule has 0 radical (unpaired) electrons. The average Bonchev–Trinajstić information content (AvgIpc) is 2.86. The molecule has 104 valence electrons. The molecule has 2 rings (SSSR count). The molecule has 0 saturated heterocycles. The highest BCUT2D eigenvalue weighted by Crippen LogP contribution is 2.26. The summed E-state index contributed by atoms with van der Waals surface area (Å²) < 4.78 is 5.54. The minimum atomic E-state index is 0.0497. The summed E-state index contributed by atoms with van der Waals surface area (Å²) in [7, 11) is 0. The Hall–Kier alpha value is -1.78. The molecule has 0 aliphatic heterocycles. The van der Waals surface area contributed by atoms with Gasteiger partial charge >= 0.3 is 0 Å². The quantitative estimate of drug-likeness (QED) is 0.771. The number of hydrogen-bond acceptors (Lipinski definition) is 5. The summed E-state index contributed by atoms with van der Waals surface area (Å²) in [6.45, 7) is 4.73. The van der Waals surface area contributed by atoms with E-state index in [-0.39, 0.29) is 6.10 Å². The zero-order chi connectivity index (χ0) is 13.7. The number of rotatable bonds is 6. The van der Waals surface area contributed by atoms with Crippen LogP contribution < -0.4 is 15.8 Å². The van der Waals surface area contributed by atoms with Crippen LogP contribution >= 0.6 is 0 Å². The lowest BCUT2D eigenvalue weighted by Gasteiger charge is -2.13. The van der Waals surface area contributed by atoms with Crippen LogP contribution in [-0.4, -0.2) is 22.6 Å². The van der Waals surface area contributed by atoms with E-state index >= 15 is 0 Å². The lowest BCUT2D eigenvalue weighted by atomic mass is 10.2. The number of aromatic nitrogens is 2. The predicted octanol–water partition coefficient (Wildman–Crippen LogP) is 2.76. The van der Waals surface area contributed by atoms with E-state index in [1.807, 2.05) is 13.8 Å².